The van der Waals surface area contributed by atoms with Crippen LogP contribution < -0.4 is 5.32 Å². The summed E-state index contributed by atoms with van der Waals surface area (Å²) in [7, 11) is 0. The molecule has 0 aliphatic heterocycles. The molecule has 2 aromatic rings. The van der Waals surface area contributed by atoms with Crippen molar-refractivity contribution in [2.24, 2.45) is 0 Å². The molecular formula is C18H18ClNO3. The minimum absolute atomic E-state index is 0.105. The van der Waals surface area contributed by atoms with Crippen LogP contribution in [0.3, 0.4) is 0 Å². The van der Waals surface area contributed by atoms with Gasteiger partial charge in [-0.3, -0.25) is 9.59 Å². The lowest BCUT2D eigenvalue weighted by molar-refractivity contribution is -0.154. The lowest BCUT2D eigenvalue weighted by Crippen LogP contribution is -2.35. The summed E-state index contributed by atoms with van der Waals surface area (Å²) in [6, 6.07) is 16.5. The van der Waals surface area contributed by atoms with Gasteiger partial charge >= 0.3 is 5.97 Å². The zero-order valence-corrected chi connectivity index (χ0v) is 13.5. The molecule has 0 fully saturated rings. The molecule has 2 rings (SSSR count). The third-order valence-corrected chi connectivity index (χ3v) is 3.50. The van der Waals surface area contributed by atoms with Gasteiger partial charge in [0.1, 0.15) is 0 Å². The second kappa shape index (κ2) is 8.34. The van der Waals surface area contributed by atoms with Crippen LogP contribution in [-0.4, -0.2) is 18.0 Å². The Morgan fingerprint density at radius 3 is 2.35 bits per heavy atom. The molecule has 0 saturated carbocycles. The van der Waals surface area contributed by atoms with Gasteiger partial charge in [0.05, 0.1) is 6.42 Å². The summed E-state index contributed by atoms with van der Waals surface area (Å²) in [5.41, 5.74) is 1.77. The Hall–Kier alpha value is -2.33. The molecule has 5 heteroatoms. The van der Waals surface area contributed by atoms with E-state index in [2.05, 4.69) is 5.32 Å². The van der Waals surface area contributed by atoms with Gasteiger partial charge < -0.3 is 10.1 Å². The maximum Gasteiger partial charge on any atom is 0.311 e. The first kappa shape index (κ1) is 17.0. The lowest BCUT2D eigenvalue weighted by Gasteiger charge is -2.13. The van der Waals surface area contributed by atoms with Crippen LogP contribution in [0, 0.1) is 0 Å². The van der Waals surface area contributed by atoms with Gasteiger partial charge in [-0.25, -0.2) is 0 Å². The Morgan fingerprint density at radius 2 is 1.70 bits per heavy atom. The number of ether oxygens (including phenoxy) is 1. The van der Waals surface area contributed by atoms with E-state index in [1.165, 1.54) is 0 Å². The number of carbonyl (C=O) groups excluding carboxylic acids is 2. The highest BCUT2D eigenvalue weighted by Gasteiger charge is 2.17. The van der Waals surface area contributed by atoms with Gasteiger partial charge in [-0.1, -0.05) is 54.1 Å². The fourth-order valence-corrected chi connectivity index (χ4v) is 2.12. The standard InChI is InChI=1S/C18H18ClNO3/c1-13(18(22)20-12-15-5-3-2-4-6-15)23-17(21)11-14-7-9-16(19)10-8-14/h2-10,13H,11-12H2,1H3,(H,20,22). The highest BCUT2D eigenvalue weighted by Crippen LogP contribution is 2.10. The Balaban J connectivity index is 1.78. The van der Waals surface area contributed by atoms with E-state index in [9.17, 15) is 9.59 Å². The van der Waals surface area contributed by atoms with Crippen molar-refractivity contribution >= 4 is 23.5 Å². The van der Waals surface area contributed by atoms with Crippen LogP contribution in [0.1, 0.15) is 18.1 Å². The van der Waals surface area contributed by atoms with Crippen molar-refractivity contribution in [1.82, 2.24) is 5.32 Å². The molecular weight excluding hydrogens is 314 g/mol. The zero-order valence-electron chi connectivity index (χ0n) is 12.8. The highest BCUT2D eigenvalue weighted by atomic mass is 35.5. The monoisotopic (exact) mass is 331 g/mol. The van der Waals surface area contributed by atoms with Crippen molar-refractivity contribution < 1.29 is 14.3 Å². The lowest BCUT2D eigenvalue weighted by atomic mass is 10.1. The number of hydrogen-bond donors (Lipinski definition) is 1. The van der Waals surface area contributed by atoms with Crippen LogP contribution in [0.15, 0.2) is 54.6 Å². The van der Waals surface area contributed by atoms with Crippen molar-refractivity contribution in [2.75, 3.05) is 0 Å². The molecule has 0 spiro atoms. The van der Waals surface area contributed by atoms with E-state index >= 15 is 0 Å². The first-order valence-corrected chi connectivity index (χ1v) is 7.68. The Bertz CT molecular complexity index is 656. The van der Waals surface area contributed by atoms with Crippen molar-refractivity contribution in [3.05, 3.63) is 70.7 Å². The molecule has 1 amide bonds. The van der Waals surface area contributed by atoms with Gasteiger partial charge in [0.15, 0.2) is 6.10 Å². The maximum absolute atomic E-state index is 11.9. The number of carbonyl (C=O) groups is 2. The highest BCUT2D eigenvalue weighted by molar-refractivity contribution is 6.30. The van der Waals surface area contributed by atoms with Crippen LogP contribution in [0.2, 0.25) is 5.02 Å². The predicted molar refractivity (Wildman–Crippen MR) is 89.0 cm³/mol. The molecule has 1 unspecified atom stereocenters. The molecule has 0 bridgehead atoms. The fraction of sp³-hybridized carbons (Fsp3) is 0.222. The van der Waals surface area contributed by atoms with E-state index < -0.39 is 12.1 Å². The molecule has 2 aromatic carbocycles. The molecule has 120 valence electrons. The number of amides is 1. The molecule has 0 saturated heterocycles. The third kappa shape index (κ3) is 5.75. The maximum atomic E-state index is 11.9. The number of esters is 1. The molecule has 0 aliphatic rings. The minimum atomic E-state index is -0.835. The van der Waals surface area contributed by atoms with E-state index in [0.29, 0.717) is 11.6 Å². The SMILES string of the molecule is CC(OC(=O)Cc1ccc(Cl)cc1)C(=O)NCc1ccccc1. The van der Waals surface area contributed by atoms with Crippen LogP contribution in [0.4, 0.5) is 0 Å². The zero-order chi connectivity index (χ0) is 16.7. The number of benzene rings is 2. The van der Waals surface area contributed by atoms with Crippen molar-refractivity contribution in [3.63, 3.8) is 0 Å². The summed E-state index contributed by atoms with van der Waals surface area (Å²) in [6.07, 6.45) is -0.730. The summed E-state index contributed by atoms with van der Waals surface area (Å²) in [5, 5.41) is 3.35. The summed E-state index contributed by atoms with van der Waals surface area (Å²) in [4.78, 5) is 23.8. The topological polar surface area (TPSA) is 55.4 Å². The first-order chi connectivity index (χ1) is 11.0. The molecule has 4 nitrogen and oxygen atoms in total. The summed E-state index contributed by atoms with van der Waals surface area (Å²) in [5.74, 6) is -0.770. The van der Waals surface area contributed by atoms with Gasteiger partial charge in [-0.05, 0) is 30.2 Å². The van der Waals surface area contributed by atoms with Crippen molar-refractivity contribution in [1.29, 1.82) is 0 Å². The van der Waals surface area contributed by atoms with Gasteiger partial charge in [-0.15, -0.1) is 0 Å². The molecule has 1 N–H and O–H groups in total. The quantitative estimate of drug-likeness (QED) is 0.827. The Morgan fingerprint density at radius 1 is 1.04 bits per heavy atom. The van der Waals surface area contributed by atoms with Crippen molar-refractivity contribution in [3.8, 4) is 0 Å². The van der Waals surface area contributed by atoms with Gasteiger partial charge in [0.25, 0.3) is 5.91 Å². The van der Waals surface area contributed by atoms with E-state index in [-0.39, 0.29) is 12.3 Å². The Kier molecular flexibility index (Phi) is 6.18. The fourth-order valence-electron chi connectivity index (χ4n) is 1.99. The van der Waals surface area contributed by atoms with Crippen molar-refractivity contribution in [2.45, 2.75) is 26.0 Å². The van der Waals surface area contributed by atoms with Crippen LogP contribution in [0.5, 0.6) is 0 Å². The smallest absolute Gasteiger partial charge is 0.311 e. The van der Waals surface area contributed by atoms with Crippen LogP contribution in [0.25, 0.3) is 0 Å². The molecule has 23 heavy (non-hydrogen) atoms. The molecule has 0 aromatic heterocycles. The van der Waals surface area contributed by atoms with Gasteiger partial charge in [0.2, 0.25) is 0 Å². The van der Waals surface area contributed by atoms with E-state index in [0.717, 1.165) is 11.1 Å². The largest absolute Gasteiger partial charge is 0.452 e. The third-order valence-electron chi connectivity index (χ3n) is 3.25. The summed E-state index contributed by atoms with van der Waals surface area (Å²) < 4.78 is 5.15. The van der Waals surface area contributed by atoms with Crippen LogP contribution >= 0.6 is 11.6 Å². The molecule has 0 radical (unpaired) electrons. The van der Waals surface area contributed by atoms with E-state index in [4.69, 9.17) is 16.3 Å². The Labute approximate surface area is 140 Å². The van der Waals surface area contributed by atoms with Gasteiger partial charge in [-0.2, -0.15) is 0 Å². The predicted octanol–water partition coefficient (Wildman–Crippen LogP) is 3.13. The number of hydrogen-bond acceptors (Lipinski definition) is 3. The second-order valence-electron chi connectivity index (χ2n) is 5.14. The molecule has 0 heterocycles. The summed E-state index contributed by atoms with van der Waals surface area (Å²) in [6.45, 7) is 1.96. The van der Waals surface area contributed by atoms with E-state index in [1.54, 1.807) is 31.2 Å². The average Bonchev–Trinajstić information content (AvgIpc) is 2.55. The first-order valence-electron chi connectivity index (χ1n) is 7.30. The van der Waals surface area contributed by atoms with Gasteiger partial charge in [0, 0.05) is 11.6 Å². The normalized spacial score (nSPS) is 11.6. The second-order valence-corrected chi connectivity index (χ2v) is 5.58. The van der Waals surface area contributed by atoms with Crippen LogP contribution in [-0.2, 0) is 27.3 Å². The number of halogens is 1. The number of rotatable bonds is 6. The minimum Gasteiger partial charge on any atom is -0.452 e. The number of nitrogens with one attached hydrogen (secondary N) is 1. The average molecular weight is 332 g/mol. The van der Waals surface area contributed by atoms with E-state index in [1.807, 2.05) is 30.3 Å². The molecule has 0 aliphatic carbocycles. The summed E-state index contributed by atoms with van der Waals surface area (Å²) >= 11 is 5.79. The molecule has 1 atom stereocenters.